The summed E-state index contributed by atoms with van der Waals surface area (Å²) >= 11 is 0. The molecule has 2 aromatic heterocycles. The predicted molar refractivity (Wildman–Crippen MR) is 175 cm³/mol. The van der Waals surface area contributed by atoms with Crippen molar-refractivity contribution in [2.24, 2.45) is 0 Å². The minimum atomic E-state index is 0.823. The molecule has 0 fully saturated rings. The van der Waals surface area contributed by atoms with Crippen LogP contribution in [0.15, 0.2) is 154 Å². The number of rotatable bonds is 3. The third kappa shape index (κ3) is 3.45. The van der Waals surface area contributed by atoms with E-state index in [0.717, 1.165) is 44.2 Å². The summed E-state index contributed by atoms with van der Waals surface area (Å²) in [6.07, 6.45) is 0. The maximum Gasteiger partial charge on any atom is 0.139 e. The molecule has 0 bridgehead atoms. The van der Waals surface area contributed by atoms with E-state index in [-0.39, 0.29) is 0 Å². The lowest BCUT2D eigenvalue weighted by Gasteiger charge is -2.17. The molecule has 7 aromatic carbocycles. The van der Waals surface area contributed by atoms with Crippen LogP contribution in [0.2, 0.25) is 0 Å². The van der Waals surface area contributed by atoms with Crippen LogP contribution in [-0.2, 0) is 0 Å². The van der Waals surface area contributed by atoms with Gasteiger partial charge < -0.3 is 8.83 Å². The van der Waals surface area contributed by atoms with E-state index in [9.17, 15) is 0 Å². The third-order valence-corrected chi connectivity index (χ3v) is 8.45. The summed E-state index contributed by atoms with van der Waals surface area (Å²) in [5.41, 5.74) is 8.53. The SMILES string of the molecule is c1ccc(-c2cccc(-c3c4ccccc4c(-c4cc5cc6c(cc5o4)oc4ccccc46)c4ccccc34)c2)cc1. The number of para-hydroxylation sites is 1. The molecule has 2 heteroatoms. The van der Waals surface area contributed by atoms with Gasteiger partial charge in [-0.1, -0.05) is 115 Å². The fourth-order valence-electron chi connectivity index (χ4n) is 6.57. The number of hydrogen-bond donors (Lipinski definition) is 0. The molecular formula is C40H24O2. The number of fused-ring (bicyclic) bond motifs is 6. The zero-order chi connectivity index (χ0) is 27.6. The highest BCUT2D eigenvalue weighted by Gasteiger charge is 2.20. The first-order chi connectivity index (χ1) is 20.8. The highest BCUT2D eigenvalue weighted by Crippen LogP contribution is 2.45. The Bertz CT molecular complexity index is 2400. The van der Waals surface area contributed by atoms with Crippen molar-refractivity contribution < 1.29 is 8.83 Å². The molecule has 0 amide bonds. The molecule has 0 N–H and O–H groups in total. The zero-order valence-corrected chi connectivity index (χ0v) is 22.7. The Labute approximate surface area is 242 Å². The van der Waals surface area contributed by atoms with E-state index < -0.39 is 0 Å². The van der Waals surface area contributed by atoms with Crippen molar-refractivity contribution in [3.05, 3.63) is 146 Å². The summed E-state index contributed by atoms with van der Waals surface area (Å²) in [6, 6.07) is 51.4. The molecule has 0 aliphatic heterocycles. The third-order valence-electron chi connectivity index (χ3n) is 8.45. The predicted octanol–water partition coefficient (Wildman–Crippen LogP) is 11.6. The van der Waals surface area contributed by atoms with Gasteiger partial charge in [-0.3, -0.25) is 0 Å². The highest BCUT2D eigenvalue weighted by molar-refractivity contribution is 6.21. The van der Waals surface area contributed by atoms with Gasteiger partial charge in [-0.25, -0.2) is 0 Å². The van der Waals surface area contributed by atoms with Crippen LogP contribution in [0, 0.1) is 0 Å². The van der Waals surface area contributed by atoms with E-state index in [0.29, 0.717) is 0 Å². The lowest BCUT2D eigenvalue weighted by atomic mass is 9.87. The molecule has 0 spiro atoms. The van der Waals surface area contributed by atoms with Gasteiger partial charge in [0.2, 0.25) is 0 Å². The van der Waals surface area contributed by atoms with Crippen LogP contribution >= 0.6 is 0 Å². The first kappa shape index (κ1) is 23.1. The van der Waals surface area contributed by atoms with Gasteiger partial charge >= 0.3 is 0 Å². The molecule has 2 heterocycles. The Morgan fingerprint density at radius 2 is 0.905 bits per heavy atom. The lowest BCUT2D eigenvalue weighted by molar-refractivity contribution is 0.629. The molecule has 0 aliphatic rings. The van der Waals surface area contributed by atoms with Gasteiger partial charge in [-0.15, -0.1) is 0 Å². The van der Waals surface area contributed by atoms with Crippen LogP contribution in [0.25, 0.3) is 88.0 Å². The second kappa shape index (κ2) is 8.95. The Balaban J connectivity index is 1.31. The molecule has 9 rings (SSSR count). The van der Waals surface area contributed by atoms with Crippen molar-refractivity contribution in [1.82, 2.24) is 0 Å². The average Bonchev–Trinajstić information content (AvgIpc) is 3.63. The van der Waals surface area contributed by atoms with Gasteiger partial charge in [0.15, 0.2) is 0 Å². The molecule has 0 radical (unpaired) electrons. The first-order valence-electron chi connectivity index (χ1n) is 14.3. The second-order valence-electron chi connectivity index (χ2n) is 10.9. The summed E-state index contributed by atoms with van der Waals surface area (Å²) in [4.78, 5) is 0. The van der Waals surface area contributed by atoms with Crippen molar-refractivity contribution in [3.8, 4) is 33.6 Å². The summed E-state index contributed by atoms with van der Waals surface area (Å²) < 4.78 is 12.8. The standard InChI is InChI=1S/C40H24O2/c1-2-11-25(12-3-1)26-13-10-14-27(21-26)39-30-16-4-6-18-32(30)40(33-19-7-5-17-31(33)39)38-23-28-22-34-29-15-8-9-20-35(29)41-37(34)24-36(28)42-38/h1-24H. The fraction of sp³-hybridized carbons (Fsp3) is 0. The molecule has 0 atom stereocenters. The van der Waals surface area contributed by atoms with E-state index in [1.165, 1.54) is 43.8 Å². The van der Waals surface area contributed by atoms with Gasteiger partial charge in [0.1, 0.15) is 22.5 Å². The monoisotopic (exact) mass is 536 g/mol. The Morgan fingerprint density at radius 1 is 0.310 bits per heavy atom. The average molecular weight is 537 g/mol. The van der Waals surface area contributed by atoms with Crippen molar-refractivity contribution >= 4 is 54.5 Å². The van der Waals surface area contributed by atoms with E-state index >= 15 is 0 Å². The van der Waals surface area contributed by atoms with Crippen LogP contribution in [0.1, 0.15) is 0 Å². The van der Waals surface area contributed by atoms with Gasteiger partial charge in [0.05, 0.1) is 0 Å². The maximum atomic E-state index is 6.64. The van der Waals surface area contributed by atoms with E-state index in [2.05, 4.69) is 127 Å². The Hall–Kier alpha value is -5.60. The molecule has 9 aromatic rings. The van der Waals surface area contributed by atoms with Gasteiger partial charge in [0.25, 0.3) is 0 Å². The number of furan rings is 2. The molecule has 2 nitrogen and oxygen atoms in total. The van der Waals surface area contributed by atoms with Gasteiger partial charge in [-0.2, -0.15) is 0 Å². The molecule has 0 saturated carbocycles. The highest BCUT2D eigenvalue weighted by atomic mass is 16.3. The number of hydrogen-bond acceptors (Lipinski definition) is 2. The second-order valence-corrected chi connectivity index (χ2v) is 10.9. The summed E-state index contributed by atoms with van der Waals surface area (Å²) in [5, 5.41) is 8.04. The van der Waals surface area contributed by atoms with E-state index in [1.54, 1.807) is 0 Å². The van der Waals surface area contributed by atoms with Crippen molar-refractivity contribution in [1.29, 1.82) is 0 Å². The van der Waals surface area contributed by atoms with Gasteiger partial charge in [-0.05, 0) is 68.1 Å². The van der Waals surface area contributed by atoms with E-state index in [1.807, 2.05) is 18.2 Å². The quantitative estimate of drug-likeness (QED) is 0.210. The van der Waals surface area contributed by atoms with Crippen molar-refractivity contribution in [2.45, 2.75) is 0 Å². The van der Waals surface area contributed by atoms with Crippen LogP contribution < -0.4 is 0 Å². The molecule has 196 valence electrons. The fourth-order valence-corrected chi connectivity index (χ4v) is 6.57. The summed E-state index contributed by atoms with van der Waals surface area (Å²) in [6.45, 7) is 0. The van der Waals surface area contributed by atoms with Crippen LogP contribution in [0.4, 0.5) is 0 Å². The van der Waals surface area contributed by atoms with E-state index in [4.69, 9.17) is 8.83 Å². The topological polar surface area (TPSA) is 26.3 Å². The van der Waals surface area contributed by atoms with Crippen LogP contribution in [0.3, 0.4) is 0 Å². The minimum Gasteiger partial charge on any atom is -0.456 e. The number of benzene rings is 7. The molecule has 0 unspecified atom stereocenters. The van der Waals surface area contributed by atoms with Crippen molar-refractivity contribution in [2.75, 3.05) is 0 Å². The largest absolute Gasteiger partial charge is 0.456 e. The molecular weight excluding hydrogens is 512 g/mol. The lowest BCUT2D eigenvalue weighted by Crippen LogP contribution is -1.90. The summed E-state index contributed by atoms with van der Waals surface area (Å²) in [7, 11) is 0. The summed E-state index contributed by atoms with van der Waals surface area (Å²) in [5.74, 6) is 0.860. The first-order valence-corrected chi connectivity index (χ1v) is 14.3. The Morgan fingerprint density at radius 3 is 1.64 bits per heavy atom. The molecule has 42 heavy (non-hydrogen) atoms. The van der Waals surface area contributed by atoms with Crippen molar-refractivity contribution in [3.63, 3.8) is 0 Å². The molecule has 0 saturated heterocycles. The van der Waals surface area contributed by atoms with Crippen LogP contribution in [0.5, 0.6) is 0 Å². The van der Waals surface area contributed by atoms with Gasteiger partial charge in [0, 0.05) is 27.8 Å². The normalized spacial score (nSPS) is 11.8. The zero-order valence-electron chi connectivity index (χ0n) is 22.7. The maximum absolute atomic E-state index is 6.64. The smallest absolute Gasteiger partial charge is 0.139 e. The Kier molecular flexibility index (Phi) is 4.93. The van der Waals surface area contributed by atoms with Crippen LogP contribution in [-0.4, -0.2) is 0 Å². The minimum absolute atomic E-state index is 0.823. The molecule has 0 aliphatic carbocycles.